The molecule has 0 atom stereocenters. The molecule has 4 heteroatoms. The van der Waals surface area contributed by atoms with Gasteiger partial charge in [-0.05, 0) is 24.5 Å². The van der Waals surface area contributed by atoms with Crippen molar-refractivity contribution < 1.29 is 9.18 Å². The van der Waals surface area contributed by atoms with Crippen molar-refractivity contribution in [1.82, 2.24) is 5.32 Å². The molecule has 0 aliphatic heterocycles. The molecule has 0 saturated heterocycles. The largest absolute Gasteiger partial charge is 0.354 e. The zero-order valence-electron chi connectivity index (χ0n) is 9.51. The minimum absolute atomic E-state index is 0.0483. The minimum atomic E-state index is -0.229. The molecule has 1 saturated carbocycles. The Labute approximate surface area is 105 Å². The van der Waals surface area contributed by atoms with Gasteiger partial charge in [0.2, 0.25) is 5.91 Å². The second-order valence-corrected chi connectivity index (χ2v) is 4.79. The molecule has 1 amide bonds. The molecule has 1 aromatic carbocycles. The zero-order chi connectivity index (χ0) is 12.3. The van der Waals surface area contributed by atoms with E-state index in [2.05, 4.69) is 5.32 Å². The highest BCUT2D eigenvalue weighted by molar-refractivity contribution is 6.27. The third-order valence-electron chi connectivity index (χ3n) is 3.50. The Kier molecular flexibility index (Phi) is 3.67. The fourth-order valence-corrected chi connectivity index (χ4v) is 2.45. The van der Waals surface area contributed by atoms with Crippen molar-refractivity contribution in [3.8, 4) is 0 Å². The van der Waals surface area contributed by atoms with Crippen molar-refractivity contribution in [2.24, 2.45) is 0 Å². The summed E-state index contributed by atoms with van der Waals surface area (Å²) in [4.78, 5) is 11.2. The number of alkyl halides is 1. The lowest BCUT2D eigenvalue weighted by Gasteiger charge is -2.42. The number of hydrogen-bond acceptors (Lipinski definition) is 1. The number of carbonyl (C=O) groups excluding carboxylic acids is 1. The number of rotatable bonds is 4. The number of benzene rings is 1. The van der Waals surface area contributed by atoms with Crippen LogP contribution < -0.4 is 5.32 Å². The first-order chi connectivity index (χ1) is 8.18. The molecule has 2 nitrogen and oxygen atoms in total. The molecule has 0 radical (unpaired) electrons. The molecule has 1 aliphatic carbocycles. The molecule has 0 spiro atoms. The van der Waals surface area contributed by atoms with Crippen LogP contribution in [0, 0.1) is 5.82 Å². The Morgan fingerprint density at radius 3 is 2.65 bits per heavy atom. The zero-order valence-corrected chi connectivity index (χ0v) is 10.3. The van der Waals surface area contributed by atoms with E-state index >= 15 is 0 Å². The molecule has 1 N–H and O–H groups in total. The Morgan fingerprint density at radius 1 is 1.41 bits per heavy atom. The van der Waals surface area contributed by atoms with E-state index in [0.717, 1.165) is 19.3 Å². The fourth-order valence-electron chi connectivity index (χ4n) is 2.35. The first-order valence-electron chi connectivity index (χ1n) is 5.76. The summed E-state index contributed by atoms with van der Waals surface area (Å²) in [6, 6.07) is 6.80. The monoisotopic (exact) mass is 255 g/mol. The van der Waals surface area contributed by atoms with Gasteiger partial charge in [0, 0.05) is 12.0 Å². The van der Waals surface area contributed by atoms with E-state index in [1.807, 2.05) is 6.07 Å². The van der Waals surface area contributed by atoms with Gasteiger partial charge in [0.05, 0.1) is 0 Å². The van der Waals surface area contributed by atoms with Crippen molar-refractivity contribution in [1.29, 1.82) is 0 Å². The topological polar surface area (TPSA) is 29.1 Å². The minimum Gasteiger partial charge on any atom is -0.354 e. The average Bonchev–Trinajstić information content (AvgIpc) is 2.29. The highest BCUT2D eigenvalue weighted by atomic mass is 35.5. The Hall–Kier alpha value is -1.09. The van der Waals surface area contributed by atoms with Crippen molar-refractivity contribution in [2.75, 3.05) is 12.4 Å². The molecule has 1 fully saturated rings. The Balaban J connectivity index is 2.15. The van der Waals surface area contributed by atoms with Gasteiger partial charge >= 0.3 is 0 Å². The molecule has 0 heterocycles. The lowest BCUT2D eigenvalue weighted by Crippen LogP contribution is -2.46. The summed E-state index contributed by atoms with van der Waals surface area (Å²) in [6.07, 6.45) is 2.90. The van der Waals surface area contributed by atoms with Gasteiger partial charge in [-0.1, -0.05) is 24.6 Å². The van der Waals surface area contributed by atoms with Crippen LogP contribution in [0.5, 0.6) is 0 Å². The standard InChI is InChI=1S/C13H15ClFNO/c14-8-12(17)16-9-13(6-3-7-13)10-4-1-2-5-11(10)15/h1-2,4-5H,3,6-9H2,(H,16,17). The number of hydrogen-bond donors (Lipinski definition) is 1. The number of carbonyl (C=O) groups is 1. The molecular formula is C13H15ClFNO. The van der Waals surface area contributed by atoms with Crippen molar-refractivity contribution >= 4 is 17.5 Å². The van der Waals surface area contributed by atoms with Gasteiger partial charge < -0.3 is 5.32 Å². The summed E-state index contributed by atoms with van der Waals surface area (Å²) in [5.74, 6) is -0.436. The average molecular weight is 256 g/mol. The summed E-state index contributed by atoms with van der Waals surface area (Å²) in [7, 11) is 0. The van der Waals surface area contributed by atoms with Gasteiger partial charge in [-0.25, -0.2) is 4.39 Å². The van der Waals surface area contributed by atoms with E-state index in [1.165, 1.54) is 6.07 Å². The SMILES string of the molecule is O=C(CCl)NCC1(c2ccccc2F)CCC1. The van der Waals surface area contributed by atoms with E-state index in [-0.39, 0.29) is 23.0 Å². The van der Waals surface area contributed by atoms with Crippen LogP contribution in [0.2, 0.25) is 0 Å². The highest BCUT2D eigenvalue weighted by Gasteiger charge is 2.40. The summed E-state index contributed by atoms with van der Waals surface area (Å²) >= 11 is 5.43. The van der Waals surface area contributed by atoms with Crippen molar-refractivity contribution in [2.45, 2.75) is 24.7 Å². The molecule has 0 bridgehead atoms. The summed E-state index contributed by atoms with van der Waals surface area (Å²) in [6.45, 7) is 0.472. The third kappa shape index (κ3) is 2.44. The van der Waals surface area contributed by atoms with E-state index in [1.54, 1.807) is 12.1 Å². The van der Waals surface area contributed by atoms with Crippen LogP contribution in [0.3, 0.4) is 0 Å². The normalized spacial score (nSPS) is 17.3. The molecular weight excluding hydrogens is 241 g/mol. The fraction of sp³-hybridized carbons (Fsp3) is 0.462. The molecule has 1 aliphatic rings. The summed E-state index contributed by atoms with van der Waals surface area (Å²) < 4.78 is 13.8. The second kappa shape index (κ2) is 5.05. The van der Waals surface area contributed by atoms with Gasteiger partial charge in [-0.2, -0.15) is 0 Å². The first kappa shape index (κ1) is 12.4. The van der Waals surface area contributed by atoms with Crippen LogP contribution in [0.25, 0.3) is 0 Å². The predicted molar refractivity (Wildman–Crippen MR) is 65.7 cm³/mol. The predicted octanol–water partition coefficient (Wildman–Crippen LogP) is 2.60. The maximum atomic E-state index is 13.8. The number of amides is 1. The van der Waals surface area contributed by atoms with E-state index in [4.69, 9.17) is 11.6 Å². The number of halogens is 2. The van der Waals surface area contributed by atoms with Gasteiger partial charge in [0.15, 0.2) is 0 Å². The third-order valence-corrected chi connectivity index (χ3v) is 3.74. The maximum Gasteiger partial charge on any atom is 0.234 e. The van der Waals surface area contributed by atoms with Gasteiger partial charge in [-0.15, -0.1) is 11.6 Å². The maximum absolute atomic E-state index is 13.8. The molecule has 17 heavy (non-hydrogen) atoms. The van der Waals surface area contributed by atoms with Crippen LogP contribution in [-0.4, -0.2) is 18.3 Å². The van der Waals surface area contributed by atoms with Crippen LogP contribution in [0.4, 0.5) is 4.39 Å². The molecule has 0 unspecified atom stereocenters. The summed E-state index contributed by atoms with van der Waals surface area (Å²) in [5, 5.41) is 2.76. The van der Waals surface area contributed by atoms with E-state index < -0.39 is 0 Å². The lowest BCUT2D eigenvalue weighted by atomic mass is 9.64. The van der Waals surface area contributed by atoms with Crippen LogP contribution in [-0.2, 0) is 10.2 Å². The van der Waals surface area contributed by atoms with Crippen LogP contribution in [0.15, 0.2) is 24.3 Å². The van der Waals surface area contributed by atoms with Crippen molar-refractivity contribution in [3.63, 3.8) is 0 Å². The molecule has 2 rings (SSSR count). The van der Waals surface area contributed by atoms with Gasteiger partial charge in [0.1, 0.15) is 11.7 Å². The molecule has 1 aromatic rings. The van der Waals surface area contributed by atoms with Crippen molar-refractivity contribution in [3.05, 3.63) is 35.6 Å². The Bertz CT molecular complexity index is 418. The van der Waals surface area contributed by atoms with Crippen LogP contribution >= 0.6 is 11.6 Å². The second-order valence-electron chi connectivity index (χ2n) is 4.52. The van der Waals surface area contributed by atoms with Gasteiger partial charge in [-0.3, -0.25) is 4.79 Å². The number of nitrogens with one attached hydrogen (secondary N) is 1. The van der Waals surface area contributed by atoms with Gasteiger partial charge in [0.25, 0.3) is 0 Å². The first-order valence-corrected chi connectivity index (χ1v) is 6.29. The van der Waals surface area contributed by atoms with E-state index in [9.17, 15) is 9.18 Å². The van der Waals surface area contributed by atoms with Crippen LogP contribution in [0.1, 0.15) is 24.8 Å². The molecule has 92 valence electrons. The highest BCUT2D eigenvalue weighted by Crippen LogP contribution is 2.44. The molecule has 0 aromatic heterocycles. The quantitative estimate of drug-likeness (QED) is 0.824. The Morgan fingerprint density at radius 2 is 2.12 bits per heavy atom. The smallest absolute Gasteiger partial charge is 0.234 e. The van der Waals surface area contributed by atoms with E-state index in [0.29, 0.717) is 12.1 Å². The summed E-state index contributed by atoms with van der Waals surface area (Å²) in [5.41, 5.74) is 0.480. The lowest BCUT2D eigenvalue weighted by molar-refractivity contribution is -0.119.